The van der Waals surface area contributed by atoms with Gasteiger partial charge in [-0.15, -0.1) is 5.10 Å². The van der Waals surface area contributed by atoms with Crippen molar-refractivity contribution in [3.05, 3.63) is 88.8 Å². The molecule has 0 unspecified atom stereocenters. The van der Waals surface area contributed by atoms with Crippen LogP contribution in [0.25, 0.3) is 11.3 Å². The molecule has 45 heavy (non-hydrogen) atoms. The Morgan fingerprint density at radius 1 is 1.09 bits per heavy atom. The van der Waals surface area contributed by atoms with Gasteiger partial charge in [0, 0.05) is 50.8 Å². The number of nitrogens with one attached hydrogen (secondary N) is 1. The van der Waals surface area contributed by atoms with Crippen molar-refractivity contribution in [1.82, 2.24) is 20.3 Å². The maximum atomic E-state index is 12.1. The van der Waals surface area contributed by atoms with Crippen molar-refractivity contribution < 1.29 is 19.2 Å². The summed E-state index contributed by atoms with van der Waals surface area (Å²) in [6.07, 6.45) is 9.24. The number of amides is 1. The zero-order chi connectivity index (χ0) is 31.7. The average molecular weight is 624 g/mol. The van der Waals surface area contributed by atoms with Gasteiger partial charge < -0.3 is 20.1 Å². The van der Waals surface area contributed by atoms with Gasteiger partial charge in [-0.2, -0.15) is 0 Å². The summed E-state index contributed by atoms with van der Waals surface area (Å²) in [4.78, 5) is 14.3. The number of allylic oxidation sites excluding steroid dienone is 5. The van der Waals surface area contributed by atoms with Gasteiger partial charge in [0.15, 0.2) is 13.1 Å². The molecule has 1 fully saturated rings. The summed E-state index contributed by atoms with van der Waals surface area (Å²) >= 11 is 0. The number of fused-ring (bicyclic) bond motifs is 2. The topological polar surface area (TPSA) is 95.5 Å². The van der Waals surface area contributed by atoms with Crippen LogP contribution < -0.4 is 20.6 Å². The number of hydrogen-bond donors (Lipinski definition) is 2. The van der Waals surface area contributed by atoms with Gasteiger partial charge in [-0.3, -0.25) is 4.79 Å². The van der Waals surface area contributed by atoms with Crippen LogP contribution in [0.4, 0.5) is 5.69 Å². The number of aliphatic hydroxyl groups excluding tert-OH is 1. The molecule has 234 valence electrons. The van der Waals surface area contributed by atoms with E-state index < -0.39 is 8.07 Å². The number of aromatic nitrogens is 3. The van der Waals surface area contributed by atoms with Crippen LogP contribution >= 0.6 is 0 Å². The van der Waals surface area contributed by atoms with Crippen molar-refractivity contribution in [3.63, 3.8) is 0 Å². The lowest BCUT2D eigenvalue weighted by molar-refractivity contribution is -0.548. The minimum atomic E-state index is -2.03. The fourth-order valence-electron chi connectivity index (χ4n) is 6.53. The molecular formula is C35H43N6O3Si+. The van der Waals surface area contributed by atoms with E-state index in [9.17, 15) is 4.79 Å². The van der Waals surface area contributed by atoms with Crippen LogP contribution in [0.1, 0.15) is 28.8 Å². The van der Waals surface area contributed by atoms with Gasteiger partial charge in [-0.25, -0.2) is 9.26 Å². The van der Waals surface area contributed by atoms with E-state index in [1.165, 1.54) is 49.6 Å². The van der Waals surface area contributed by atoms with E-state index in [2.05, 4.69) is 114 Å². The molecule has 0 bridgehead atoms. The first-order chi connectivity index (χ1) is 21.7. The molecule has 1 amide bonds. The molecule has 3 aliphatic rings. The van der Waals surface area contributed by atoms with Crippen LogP contribution in [0.15, 0.2) is 66.4 Å². The third-order valence-electron chi connectivity index (χ3n) is 9.03. The fraction of sp³-hybridized carbons (Fsp3) is 0.371. The van der Waals surface area contributed by atoms with Gasteiger partial charge in [-0.05, 0) is 52.7 Å². The van der Waals surface area contributed by atoms with E-state index in [4.69, 9.17) is 9.84 Å². The Labute approximate surface area is 266 Å². The van der Waals surface area contributed by atoms with Crippen LogP contribution in [-0.2, 0) is 16.0 Å². The predicted octanol–water partition coefficient (Wildman–Crippen LogP) is 2.23. The van der Waals surface area contributed by atoms with Crippen molar-refractivity contribution in [3.8, 4) is 0 Å². The number of morpholine rings is 1. The number of anilines is 1. The summed E-state index contributed by atoms with van der Waals surface area (Å²) < 4.78 is 9.99. The second-order valence-electron chi connectivity index (χ2n) is 12.7. The van der Waals surface area contributed by atoms with Crippen LogP contribution in [-0.4, -0.2) is 97.9 Å². The number of aliphatic hydroxyl groups is 1. The molecule has 0 radical (unpaired) electrons. The molecule has 1 saturated heterocycles. The molecule has 2 aliphatic heterocycles. The van der Waals surface area contributed by atoms with Crippen molar-refractivity contribution in [1.29, 1.82) is 0 Å². The lowest BCUT2D eigenvalue weighted by Gasteiger charge is -2.37. The number of ether oxygens (including phenoxy) is 1. The van der Waals surface area contributed by atoms with Crippen LogP contribution in [0.2, 0.25) is 13.1 Å². The first-order valence-electron chi connectivity index (χ1n) is 15.7. The van der Waals surface area contributed by atoms with Gasteiger partial charge in [-0.1, -0.05) is 48.1 Å². The summed E-state index contributed by atoms with van der Waals surface area (Å²) in [7, 11) is 2.19. The Morgan fingerprint density at radius 3 is 2.56 bits per heavy atom. The Kier molecular flexibility index (Phi) is 8.72. The number of benzene rings is 2. The highest BCUT2D eigenvalue weighted by atomic mass is 28.3. The molecule has 6 rings (SSSR count). The summed E-state index contributed by atoms with van der Waals surface area (Å²) in [5.41, 5.74) is 10.4. The molecule has 0 spiro atoms. The molecule has 2 N–H and O–H groups in total. The van der Waals surface area contributed by atoms with E-state index >= 15 is 0 Å². The molecule has 1 aromatic heterocycles. The van der Waals surface area contributed by atoms with Crippen LogP contribution in [0, 0.1) is 6.92 Å². The summed E-state index contributed by atoms with van der Waals surface area (Å²) in [6.45, 7) is 10.4. The van der Waals surface area contributed by atoms with Crippen LogP contribution in [0.5, 0.6) is 0 Å². The number of hydrogen-bond acceptors (Lipinski definition) is 6. The third-order valence-corrected chi connectivity index (χ3v) is 12.5. The Hall–Kier alpha value is -4.12. The van der Waals surface area contributed by atoms with Crippen molar-refractivity contribution >= 4 is 47.0 Å². The molecule has 9 nitrogen and oxygen atoms in total. The Balaban J connectivity index is 1.52. The largest absolute Gasteiger partial charge is 0.395 e. The fourth-order valence-corrected chi connectivity index (χ4v) is 9.68. The maximum Gasteiger partial charge on any atom is 0.220 e. The van der Waals surface area contributed by atoms with Crippen molar-refractivity contribution in [2.45, 2.75) is 32.9 Å². The second-order valence-corrected chi connectivity index (χ2v) is 17.0. The summed E-state index contributed by atoms with van der Waals surface area (Å²) in [5.74, 6) is -0.110. The SMILES string of the molecule is Cc1ccc2c(c1)[Si](C)(C)c1cc(N(C)C)ccc1C2=C1C=C(n2cc(CCC(=O)NCCO)nn2)C=CC1=[N+]1CCOCC1. The zero-order valence-corrected chi connectivity index (χ0v) is 27.9. The summed E-state index contributed by atoms with van der Waals surface area (Å²) in [5, 5.41) is 23.4. The Bertz CT molecular complexity index is 1760. The number of aryl methyl sites for hydroxylation is 2. The quantitative estimate of drug-likeness (QED) is 0.310. The summed E-state index contributed by atoms with van der Waals surface area (Å²) in [6, 6.07) is 13.9. The van der Waals surface area contributed by atoms with Crippen molar-refractivity contribution in [2.75, 3.05) is 58.5 Å². The molecule has 3 aromatic rings. The number of carbonyl (C=O) groups excluding carboxylic acids is 1. The Morgan fingerprint density at radius 2 is 1.82 bits per heavy atom. The third kappa shape index (κ3) is 6.10. The predicted molar refractivity (Wildman–Crippen MR) is 182 cm³/mol. The molecule has 10 heteroatoms. The number of carbonyl (C=O) groups is 1. The van der Waals surface area contributed by atoms with Crippen LogP contribution in [0.3, 0.4) is 0 Å². The minimum Gasteiger partial charge on any atom is -0.395 e. The molecule has 1 aliphatic carbocycles. The zero-order valence-electron chi connectivity index (χ0n) is 26.9. The lowest BCUT2D eigenvalue weighted by atomic mass is 9.87. The molecular weight excluding hydrogens is 581 g/mol. The normalized spacial score (nSPS) is 18.8. The van der Waals surface area contributed by atoms with Crippen molar-refractivity contribution in [2.24, 2.45) is 0 Å². The monoisotopic (exact) mass is 623 g/mol. The van der Waals surface area contributed by atoms with E-state index in [0.29, 0.717) is 26.1 Å². The first-order valence-corrected chi connectivity index (χ1v) is 18.7. The maximum absolute atomic E-state index is 12.1. The van der Waals surface area contributed by atoms with E-state index in [-0.39, 0.29) is 19.1 Å². The minimum absolute atomic E-state index is 0.0746. The smallest absolute Gasteiger partial charge is 0.220 e. The lowest BCUT2D eigenvalue weighted by Crippen LogP contribution is -2.58. The second kappa shape index (κ2) is 12.7. The van der Waals surface area contributed by atoms with E-state index in [1.807, 2.05) is 10.9 Å². The van der Waals surface area contributed by atoms with Gasteiger partial charge >= 0.3 is 0 Å². The highest BCUT2D eigenvalue weighted by Crippen LogP contribution is 2.36. The number of nitrogens with zero attached hydrogens (tertiary/aromatic N) is 5. The molecule has 0 saturated carbocycles. The van der Waals surface area contributed by atoms with Gasteiger partial charge in [0.25, 0.3) is 0 Å². The molecule has 3 heterocycles. The highest BCUT2D eigenvalue weighted by molar-refractivity contribution is 7.02. The first kappa shape index (κ1) is 30.9. The number of rotatable bonds is 7. The molecule has 2 aromatic carbocycles. The highest BCUT2D eigenvalue weighted by Gasteiger charge is 2.39. The molecule has 0 atom stereocenters. The van der Waals surface area contributed by atoms with Gasteiger partial charge in [0.2, 0.25) is 11.6 Å². The standard InChI is InChI=1S/C35H42N6O3Si/c1-24-6-10-28-32(20-24)45(4,5)33-22-26(39(2)3)8-11-29(33)35(28)30-21-27(9-12-31(30)40-15-18-44-19-16-40)41-23-25(37-38-41)7-13-34(43)36-14-17-42/h6,8-12,20-23,42H,7,13-19H2,1-5H3/p+1. The van der Waals surface area contributed by atoms with E-state index in [0.717, 1.165) is 24.5 Å². The van der Waals surface area contributed by atoms with E-state index in [1.54, 1.807) is 0 Å². The van der Waals surface area contributed by atoms with Gasteiger partial charge in [0.1, 0.15) is 21.3 Å². The van der Waals surface area contributed by atoms with Gasteiger partial charge in [0.05, 0.1) is 29.8 Å². The average Bonchev–Trinajstić information content (AvgIpc) is 3.52.